The molecule has 1 aliphatic carbocycles. The molecule has 2 rings (SSSR count). The zero-order valence-corrected chi connectivity index (χ0v) is 9.81. The van der Waals surface area contributed by atoms with Crippen LogP contribution in [0.15, 0.2) is 0 Å². The lowest BCUT2D eigenvalue weighted by Gasteiger charge is -2.26. The smallest absolute Gasteiger partial charge is 0.00204 e. The van der Waals surface area contributed by atoms with Crippen LogP contribution < -0.4 is 5.32 Å². The van der Waals surface area contributed by atoms with Gasteiger partial charge in [-0.15, -0.1) is 0 Å². The van der Waals surface area contributed by atoms with Crippen molar-refractivity contribution in [3.05, 3.63) is 0 Å². The molecule has 1 heterocycles. The quantitative estimate of drug-likeness (QED) is 0.713. The number of hydrogen-bond acceptors (Lipinski definition) is 1. The summed E-state index contributed by atoms with van der Waals surface area (Å²) in [4.78, 5) is 0. The van der Waals surface area contributed by atoms with Crippen molar-refractivity contribution in [3.63, 3.8) is 0 Å². The predicted octanol–water partition coefficient (Wildman–Crippen LogP) is 3.20. The minimum atomic E-state index is 0.646. The van der Waals surface area contributed by atoms with E-state index in [1.54, 1.807) is 0 Å². The standard InChI is InChI=1S/C13H25N/c1-13(2)6-5-11(9-13)8-12-4-3-7-14-10-12/h11-12,14H,3-10H2,1-2H3. The van der Waals surface area contributed by atoms with Crippen molar-refractivity contribution < 1.29 is 0 Å². The topological polar surface area (TPSA) is 12.0 Å². The third-order valence-corrected chi connectivity index (χ3v) is 4.14. The number of nitrogens with one attached hydrogen (secondary N) is 1. The van der Waals surface area contributed by atoms with Crippen molar-refractivity contribution in [1.82, 2.24) is 5.32 Å². The molecule has 1 aliphatic heterocycles. The maximum atomic E-state index is 3.53. The van der Waals surface area contributed by atoms with E-state index in [0.29, 0.717) is 5.41 Å². The molecular weight excluding hydrogens is 170 g/mol. The first-order valence-electron chi connectivity index (χ1n) is 6.36. The molecular formula is C13H25N. The van der Waals surface area contributed by atoms with Gasteiger partial charge in [0.05, 0.1) is 0 Å². The summed E-state index contributed by atoms with van der Waals surface area (Å²) in [6.45, 7) is 7.42. The molecule has 14 heavy (non-hydrogen) atoms. The first kappa shape index (κ1) is 10.5. The molecule has 0 amide bonds. The molecule has 1 saturated carbocycles. The zero-order chi connectivity index (χ0) is 10.0. The van der Waals surface area contributed by atoms with Crippen molar-refractivity contribution in [3.8, 4) is 0 Å². The summed E-state index contributed by atoms with van der Waals surface area (Å²) in [5, 5.41) is 3.53. The van der Waals surface area contributed by atoms with Crippen LogP contribution >= 0.6 is 0 Å². The minimum Gasteiger partial charge on any atom is -0.316 e. The van der Waals surface area contributed by atoms with E-state index in [1.807, 2.05) is 0 Å². The van der Waals surface area contributed by atoms with Gasteiger partial charge >= 0.3 is 0 Å². The van der Waals surface area contributed by atoms with Gasteiger partial charge in [0, 0.05) is 0 Å². The van der Waals surface area contributed by atoms with Crippen molar-refractivity contribution in [2.75, 3.05) is 13.1 Å². The Morgan fingerprint density at radius 1 is 1.21 bits per heavy atom. The van der Waals surface area contributed by atoms with Crippen LogP contribution in [0.1, 0.15) is 52.4 Å². The van der Waals surface area contributed by atoms with Crippen LogP contribution in [0.4, 0.5) is 0 Å². The van der Waals surface area contributed by atoms with Gasteiger partial charge in [-0.1, -0.05) is 13.8 Å². The van der Waals surface area contributed by atoms with Gasteiger partial charge in [-0.25, -0.2) is 0 Å². The van der Waals surface area contributed by atoms with Crippen LogP contribution in [0.25, 0.3) is 0 Å². The lowest BCUT2D eigenvalue weighted by Crippen LogP contribution is -2.30. The van der Waals surface area contributed by atoms with Crippen molar-refractivity contribution >= 4 is 0 Å². The van der Waals surface area contributed by atoms with Crippen LogP contribution in [0.5, 0.6) is 0 Å². The van der Waals surface area contributed by atoms with Gasteiger partial charge in [-0.3, -0.25) is 0 Å². The maximum absolute atomic E-state index is 3.53. The third kappa shape index (κ3) is 2.73. The summed E-state index contributed by atoms with van der Waals surface area (Å²) >= 11 is 0. The molecule has 0 bridgehead atoms. The molecule has 1 saturated heterocycles. The highest BCUT2D eigenvalue weighted by Crippen LogP contribution is 2.43. The van der Waals surface area contributed by atoms with E-state index in [4.69, 9.17) is 0 Å². The van der Waals surface area contributed by atoms with Gasteiger partial charge in [-0.2, -0.15) is 0 Å². The predicted molar refractivity (Wildman–Crippen MR) is 61.3 cm³/mol. The molecule has 1 heteroatoms. The molecule has 2 fully saturated rings. The second kappa shape index (κ2) is 4.22. The Morgan fingerprint density at radius 2 is 2.07 bits per heavy atom. The Hall–Kier alpha value is -0.0400. The summed E-state index contributed by atoms with van der Waals surface area (Å²) in [6.07, 6.45) is 8.80. The van der Waals surface area contributed by atoms with Crippen LogP contribution in [0.3, 0.4) is 0 Å². The van der Waals surface area contributed by atoms with E-state index in [9.17, 15) is 0 Å². The molecule has 2 aliphatic rings. The van der Waals surface area contributed by atoms with E-state index in [2.05, 4.69) is 19.2 Å². The summed E-state index contributed by atoms with van der Waals surface area (Å²) < 4.78 is 0. The summed E-state index contributed by atoms with van der Waals surface area (Å²) in [7, 11) is 0. The second-order valence-electron chi connectivity index (χ2n) is 6.22. The van der Waals surface area contributed by atoms with E-state index < -0.39 is 0 Å². The van der Waals surface area contributed by atoms with Crippen molar-refractivity contribution in [1.29, 1.82) is 0 Å². The summed E-state index contributed by atoms with van der Waals surface area (Å²) in [5.74, 6) is 2.03. The molecule has 0 aromatic rings. The van der Waals surface area contributed by atoms with Crippen molar-refractivity contribution in [2.24, 2.45) is 17.3 Å². The maximum Gasteiger partial charge on any atom is -0.00204 e. The highest BCUT2D eigenvalue weighted by Gasteiger charge is 2.32. The Balaban J connectivity index is 1.75. The van der Waals surface area contributed by atoms with E-state index >= 15 is 0 Å². The molecule has 2 atom stereocenters. The first-order chi connectivity index (χ1) is 6.66. The fourth-order valence-electron chi connectivity index (χ4n) is 3.38. The van der Waals surface area contributed by atoms with Gasteiger partial charge in [-0.05, 0) is 68.9 Å². The molecule has 1 N–H and O–H groups in total. The van der Waals surface area contributed by atoms with Gasteiger partial charge in [0.25, 0.3) is 0 Å². The monoisotopic (exact) mass is 195 g/mol. The van der Waals surface area contributed by atoms with Crippen molar-refractivity contribution in [2.45, 2.75) is 52.4 Å². The Labute approximate surface area is 88.7 Å². The summed E-state index contributed by atoms with van der Waals surface area (Å²) in [6, 6.07) is 0. The Morgan fingerprint density at radius 3 is 2.64 bits per heavy atom. The molecule has 0 spiro atoms. The van der Waals surface area contributed by atoms with Crippen LogP contribution in [0.2, 0.25) is 0 Å². The largest absolute Gasteiger partial charge is 0.316 e. The first-order valence-corrected chi connectivity index (χ1v) is 6.36. The van der Waals surface area contributed by atoms with Gasteiger partial charge in [0.1, 0.15) is 0 Å². The van der Waals surface area contributed by atoms with Crippen LogP contribution in [-0.2, 0) is 0 Å². The third-order valence-electron chi connectivity index (χ3n) is 4.14. The Kier molecular flexibility index (Phi) is 3.16. The molecule has 2 unspecified atom stereocenters. The average Bonchev–Trinajstić information content (AvgIpc) is 2.47. The normalized spacial score (nSPS) is 37.3. The number of piperidine rings is 1. The number of hydrogen-bond donors (Lipinski definition) is 1. The van der Waals surface area contributed by atoms with E-state index in [0.717, 1.165) is 11.8 Å². The van der Waals surface area contributed by atoms with Gasteiger partial charge < -0.3 is 5.32 Å². The SMILES string of the molecule is CC1(C)CCC(CC2CCCNC2)C1. The molecule has 0 radical (unpaired) electrons. The van der Waals surface area contributed by atoms with E-state index in [1.165, 1.54) is 51.6 Å². The number of rotatable bonds is 2. The highest BCUT2D eigenvalue weighted by atomic mass is 14.9. The highest BCUT2D eigenvalue weighted by molar-refractivity contribution is 4.84. The van der Waals surface area contributed by atoms with Gasteiger partial charge in [0.2, 0.25) is 0 Å². The second-order valence-corrected chi connectivity index (χ2v) is 6.22. The molecule has 82 valence electrons. The van der Waals surface area contributed by atoms with Gasteiger partial charge in [0.15, 0.2) is 0 Å². The van der Waals surface area contributed by atoms with E-state index in [-0.39, 0.29) is 0 Å². The van der Waals surface area contributed by atoms with Crippen LogP contribution in [0, 0.1) is 17.3 Å². The molecule has 0 aromatic heterocycles. The lowest BCUT2D eigenvalue weighted by atomic mass is 9.85. The fraction of sp³-hybridized carbons (Fsp3) is 1.00. The Bertz CT molecular complexity index is 180. The molecule has 0 aromatic carbocycles. The minimum absolute atomic E-state index is 0.646. The average molecular weight is 195 g/mol. The fourth-order valence-corrected chi connectivity index (χ4v) is 3.38. The molecule has 1 nitrogen and oxygen atoms in total. The summed E-state index contributed by atoms with van der Waals surface area (Å²) in [5.41, 5.74) is 0.646. The zero-order valence-electron chi connectivity index (χ0n) is 9.81. The lowest BCUT2D eigenvalue weighted by molar-refractivity contribution is 0.285. The van der Waals surface area contributed by atoms with Crippen LogP contribution in [-0.4, -0.2) is 13.1 Å².